The molecule has 1 aliphatic heterocycles. The number of anilines is 1. The van der Waals surface area contributed by atoms with Crippen LogP contribution in [0.5, 0.6) is 0 Å². The molecule has 1 aromatic rings. The van der Waals surface area contributed by atoms with Gasteiger partial charge in [0.25, 0.3) is 0 Å². The maximum atomic E-state index is 13.4. The molecule has 1 fully saturated rings. The molecule has 1 saturated heterocycles. The standard InChI is InChI=1S/C16H23FN2O2/c1-11-7-12(17)9-14(8-11)18-13-5-6-19(10-13)15(20)21-16(2,3)4/h7-9,13,18H,5-6,10H2,1-4H3. The fraction of sp³-hybridized carbons (Fsp3) is 0.562. The Morgan fingerprint density at radius 3 is 2.71 bits per heavy atom. The Bertz CT molecular complexity index is 505. The Kier molecular flexibility index (Phi) is 4.40. The molecule has 1 unspecified atom stereocenters. The molecule has 0 radical (unpaired) electrons. The summed E-state index contributed by atoms with van der Waals surface area (Å²) in [5, 5.41) is 3.28. The van der Waals surface area contributed by atoms with E-state index in [-0.39, 0.29) is 18.0 Å². The molecule has 116 valence electrons. The molecular formula is C16H23FN2O2. The minimum Gasteiger partial charge on any atom is -0.444 e. The van der Waals surface area contributed by atoms with Gasteiger partial charge in [0.05, 0.1) is 0 Å². The third kappa shape index (κ3) is 4.62. The third-order valence-electron chi connectivity index (χ3n) is 3.25. The Morgan fingerprint density at radius 1 is 1.38 bits per heavy atom. The van der Waals surface area contributed by atoms with Crippen molar-refractivity contribution in [1.82, 2.24) is 4.90 Å². The molecule has 1 aromatic carbocycles. The lowest BCUT2D eigenvalue weighted by Gasteiger charge is -2.24. The molecule has 4 nitrogen and oxygen atoms in total. The van der Waals surface area contributed by atoms with Crippen molar-refractivity contribution < 1.29 is 13.9 Å². The van der Waals surface area contributed by atoms with Gasteiger partial charge in [-0.25, -0.2) is 9.18 Å². The topological polar surface area (TPSA) is 41.6 Å². The summed E-state index contributed by atoms with van der Waals surface area (Å²) in [5.41, 5.74) is 1.14. The first-order chi connectivity index (χ1) is 9.73. The summed E-state index contributed by atoms with van der Waals surface area (Å²) in [5.74, 6) is -0.250. The Morgan fingerprint density at radius 2 is 2.10 bits per heavy atom. The second kappa shape index (κ2) is 5.92. The second-order valence-electron chi connectivity index (χ2n) is 6.57. The summed E-state index contributed by atoms with van der Waals surface area (Å²) < 4.78 is 18.7. The van der Waals surface area contributed by atoms with Crippen LogP contribution < -0.4 is 5.32 Å². The van der Waals surface area contributed by atoms with Crippen molar-refractivity contribution in [2.75, 3.05) is 18.4 Å². The number of carbonyl (C=O) groups is 1. The normalized spacial score (nSPS) is 18.7. The first-order valence-corrected chi connectivity index (χ1v) is 7.24. The molecule has 1 amide bonds. The summed E-state index contributed by atoms with van der Waals surface area (Å²) >= 11 is 0. The average molecular weight is 294 g/mol. The van der Waals surface area contributed by atoms with Gasteiger partial charge in [0.15, 0.2) is 0 Å². The predicted octanol–water partition coefficient (Wildman–Crippen LogP) is 3.56. The van der Waals surface area contributed by atoms with Crippen molar-refractivity contribution in [3.8, 4) is 0 Å². The van der Waals surface area contributed by atoms with Gasteiger partial charge in [-0.1, -0.05) is 0 Å². The number of nitrogens with one attached hydrogen (secondary N) is 1. The molecule has 21 heavy (non-hydrogen) atoms. The lowest BCUT2D eigenvalue weighted by atomic mass is 10.2. The lowest BCUT2D eigenvalue weighted by molar-refractivity contribution is 0.0293. The number of rotatable bonds is 2. The van der Waals surface area contributed by atoms with Crippen molar-refractivity contribution in [2.45, 2.75) is 45.8 Å². The number of halogens is 1. The molecule has 0 aliphatic carbocycles. The van der Waals surface area contributed by atoms with E-state index < -0.39 is 5.60 Å². The molecule has 1 N–H and O–H groups in total. The molecule has 0 bridgehead atoms. The van der Waals surface area contributed by atoms with E-state index >= 15 is 0 Å². The Hall–Kier alpha value is -1.78. The lowest BCUT2D eigenvalue weighted by Crippen LogP contribution is -2.36. The van der Waals surface area contributed by atoms with Gasteiger partial charge in [-0.05, 0) is 57.9 Å². The van der Waals surface area contributed by atoms with E-state index in [1.54, 1.807) is 4.90 Å². The van der Waals surface area contributed by atoms with E-state index in [0.717, 1.165) is 17.7 Å². The zero-order valence-corrected chi connectivity index (χ0v) is 13.1. The smallest absolute Gasteiger partial charge is 0.410 e. The summed E-state index contributed by atoms with van der Waals surface area (Å²) in [6.07, 6.45) is 0.539. The van der Waals surface area contributed by atoms with Crippen molar-refractivity contribution in [3.63, 3.8) is 0 Å². The maximum absolute atomic E-state index is 13.4. The highest BCUT2D eigenvalue weighted by Crippen LogP contribution is 2.20. The summed E-state index contributed by atoms with van der Waals surface area (Å²) in [4.78, 5) is 13.7. The number of likely N-dealkylation sites (tertiary alicyclic amines) is 1. The van der Waals surface area contributed by atoms with Gasteiger partial charge in [0, 0.05) is 24.8 Å². The number of hydrogen-bond acceptors (Lipinski definition) is 3. The van der Waals surface area contributed by atoms with Crippen LogP contribution in [0.25, 0.3) is 0 Å². The monoisotopic (exact) mass is 294 g/mol. The molecule has 1 aliphatic rings. The number of nitrogens with zero attached hydrogens (tertiary/aromatic N) is 1. The van der Waals surface area contributed by atoms with Crippen molar-refractivity contribution >= 4 is 11.8 Å². The van der Waals surface area contributed by atoms with Crippen LogP contribution in [-0.2, 0) is 4.74 Å². The van der Waals surface area contributed by atoms with Crippen LogP contribution in [0, 0.1) is 12.7 Å². The predicted molar refractivity (Wildman–Crippen MR) is 81.0 cm³/mol. The number of aryl methyl sites for hydroxylation is 1. The van der Waals surface area contributed by atoms with E-state index in [2.05, 4.69) is 5.32 Å². The van der Waals surface area contributed by atoms with Crippen molar-refractivity contribution in [2.24, 2.45) is 0 Å². The highest BCUT2D eigenvalue weighted by atomic mass is 19.1. The molecule has 0 saturated carbocycles. The van der Waals surface area contributed by atoms with Gasteiger partial charge < -0.3 is 15.0 Å². The Labute approximate surface area is 125 Å². The van der Waals surface area contributed by atoms with Gasteiger partial charge in [-0.3, -0.25) is 0 Å². The minimum absolute atomic E-state index is 0.124. The fourth-order valence-electron chi connectivity index (χ4n) is 2.43. The Balaban J connectivity index is 1.92. The van der Waals surface area contributed by atoms with E-state index in [1.165, 1.54) is 12.1 Å². The quantitative estimate of drug-likeness (QED) is 0.907. The molecular weight excluding hydrogens is 271 g/mol. The average Bonchev–Trinajstić information content (AvgIpc) is 2.73. The zero-order valence-electron chi connectivity index (χ0n) is 13.1. The fourth-order valence-corrected chi connectivity index (χ4v) is 2.43. The number of hydrogen-bond donors (Lipinski definition) is 1. The van der Waals surface area contributed by atoms with Gasteiger partial charge in [-0.15, -0.1) is 0 Å². The van der Waals surface area contributed by atoms with Crippen LogP contribution in [0.3, 0.4) is 0 Å². The molecule has 5 heteroatoms. The second-order valence-corrected chi connectivity index (χ2v) is 6.57. The minimum atomic E-state index is -0.484. The molecule has 0 aromatic heterocycles. The van der Waals surface area contributed by atoms with Crippen molar-refractivity contribution in [1.29, 1.82) is 0 Å². The SMILES string of the molecule is Cc1cc(F)cc(NC2CCN(C(=O)OC(C)(C)C)C2)c1. The zero-order chi connectivity index (χ0) is 15.6. The van der Waals surface area contributed by atoms with Gasteiger partial charge in [0.2, 0.25) is 0 Å². The van der Waals surface area contributed by atoms with Gasteiger partial charge in [0.1, 0.15) is 11.4 Å². The molecule has 0 spiro atoms. The van der Waals surface area contributed by atoms with E-state index in [4.69, 9.17) is 4.74 Å². The summed E-state index contributed by atoms with van der Waals surface area (Å²) in [6.45, 7) is 8.64. The van der Waals surface area contributed by atoms with Gasteiger partial charge in [-0.2, -0.15) is 0 Å². The first-order valence-electron chi connectivity index (χ1n) is 7.24. The van der Waals surface area contributed by atoms with Gasteiger partial charge >= 0.3 is 6.09 Å². The maximum Gasteiger partial charge on any atom is 0.410 e. The molecule has 1 atom stereocenters. The summed E-state index contributed by atoms with van der Waals surface area (Å²) in [7, 11) is 0. The van der Waals surface area contributed by atoms with Crippen LogP contribution in [-0.4, -0.2) is 35.7 Å². The number of benzene rings is 1. The first kappa shape index (κ1) is 15.6. The van der Waals surface area contributed by atoms with Crippen LogP contribution in [0.15, 0.2) is 18.2 Å². The third-order valence-corrected chi connectivity index (χ3v) is 3.25. The van der Waals surface area contributed by atoms with Crippen LogP contribution in [0.2, 0.25) is 0 Å². The van der Waals surface area contributed by atoms with E-state index in [0.29, 0.717) is 13.1 Å². The van der Waals surface area contributed by atoms with E-state index in [1.807, 2.05) is 33.8 Å². The highest BCUT2D eigenvalue weighted by molar-refractivity contribution is 5.68. The number of ether oxygens (including phenoxy) is 1. The van der Waals surface area contributed by atoms with Crippen LogP contribution >= 0.6 is 0 Å². The van der Waals surface area contributed by atoms with Crippen LogP contribution in [0.4, 0.5) is 14.9 Å². The largest absolute Gasteiger partial charge is 0.444 e. The molecule has 1 heterocycles. The number of amides is 1. The number of carbonyl (C=O) groups excluding carboxylic acids is 1. The van der Waals surface area contributed by atoms with E-state index in [9.17, 15) is 9.18 Å². The molecule has 2 rings (SSSR count). The highest BCUT2D eigenvalue weighted by Gasteiger charge is 2.29. The van der Waals surface area contributed by atoms with Crippen LogP contribution in [0.1, 0.15) is 32.8 Å². The summed E-state index contributed by atoms with van der Waals surface area (Å²) in [6, 6.07) is 4.99. The van der Waals surface area contributed by atoms with Crippen molar-refractivity contribution in [3.05, 3.63) is 29.6 Å².